The molecular formula is C17H28. The molecule has 0 heteroatoms. The topological polar surface area (TPSA) is 0 Å². The Kier molecular flexibility index (Phi) is 14.0. The van der Waals surface area contributed by atoms with Gasteiger partial charge in [-0.1, -0.05) is 75.3 Å². The molecule has 0 aromatic heterocycles. The first kappa shape index (κ1) is 16.0. The monoisotopic (exact) mass is 232 g/mol. The maximum atomic E-state index is 2.26. The van der Waals surface area contributed by atoms with Crippen molar-refractivity contribution >= 4 is 0 Å². The van der Waals surface area contributed by atoms with Gasteiger partial charge in [0.1, 0.15) is 0 Å². The third kappa shape index (κ3) is 15.0. The van der Waals surface area contributed by atoms with E-state index in [1.807, 2.05) is 0 Å². The quantitative estimate of drug-likeness (QED) is 0.247. The standard InChI is InChI=1S/C17H28/c1-3-5-7-9-11-13-15-17-16-14-12-10-8-6-4-2/h5,7,11-14,16-17H,3-4,6,8-10,15H2,1-2H3. The number of allylic oxidation sites excluding steroid dienone is 8. The molecule has 0 atom stereocenters. The van der Waals surface area contributed by atoms with Crippen LogP contribution in [0.3, 0.4) is 0 Å². The zero-order valence-electron chi connectivity index (χ0n) is 11.6. The summed E-state index contributed by atoms with van der Waals surface area (Å²) in [6, 6.07) is 0. The Bertz CT molecular complexity index is 241. The van der Waals surface area contributed by atoms with Crippen LogP contribution in [0, 0.1) is 0 Å². The summed E-state index contributed by atoms with van der Waals surface area (Å²) in [5, 5.41) is 0. The smallest absolute Gasteiger partial charge is 0.0166 e. The zero-order valence-corrected chi connectivity index (χ0v) is 11.6. The van der Waals surface area contributed by atoms with Gasteiger partial charge in [-0.15, -0.1) is 0 Å². The van der Waals surface area contributed by atoms with Crippen LogP contribution in [-0.4, -0.2) is 0 Å². The Morgan fingerprint density at radius 1 is 0.647 bits per heavy atom. The van der Waals surface area contributed by atoms with Crippen LogP contribution in [0.25, 0.3) is 0 Å². The molecule has 0 amide bonds. The van der Waals surface area contributed by atoms with Crippen molar-refractivity contribution in [1.29, 1.82) is 0 Å². The molecule has 0 aliphatic carbocycles. The Hall–Kier alpha value is -1.04. The van der Waals surface area contributed by atoms with Crippen LogP contribution in [0.4, 0.5) is 0 Å². The van der Waals surface area contributed by atoms with Gasteiger partial charge in [0, 0.05) is 0 Å². The lowest BCUT2D eigenvalue weighted by molar-refractivity contribution is 0.729. The molecule has 0 aromatic rings. The minimum atomic E-state index is 1.04. The maximum absolute atomic E-state index is 2.26. The van der Waals surface area contributed by atoms with Crippen LogP contribution in [0.2, 0.25) is 0 Å². The number of hydrogen-bond acceptors (Lipinski definition) is 0. The normalized spacial score (nSPS) is 12.8. The van der Waals surface area contributed by atoms with Gasteiger partial charge in [0.15, 0.2) is 0 Å². The average molecular weight is 232 g/mol. The molecule has 0 N–H and O–H groups in total. The largest absolute Gasteiger partial charge is 0.0885 e. The average Bonchev–Trinajstić information content (AvgIpc) is 2.35. The van der Waals surface area contributed by atoms with Gasteiger partial charge >= 0.3 is 0 Å². The van der Waals surface area contributed by atoms with Crippen molar-refractivity contribution in [1.82, 2.24) is 0 Å². The highest BCUT2D eigenvalue weighted by Gasteiger charge is 1.79. The lowest BCUT2D eigenvalue weighted by Crippen LogP contribution is -1.69. The summed E-state index contributed by atoms with van der Waals surface area (Å²) in [5.41, 5.74) is 0. The molecule has 0 spiro atoms. The summed E-state index contributed by atoms with van der Waals surface area (Å²) < 4.78 is 0. The predicted octanol–water partition coefficient (Wildman–Crippen LogP) is 5.98. The molecule has 0 saturated carbocycles. The van der Waals surface area contributed by atoms with Crippen molar-refractivity contribution in [3.63, 3.8) is 0 Å². The van der Waals surface area contributed by atoms with Crippen LogP contribution in [-0.2, 0) is 0 Å². The third-order valence-corrected chi connectivity index (χ3v) is 2.47. The molecule has 0 heterocycles. The highest BCUT2D eigenvalue weighted by atomic mass is 13.9. The van der Waals surface area contributed by atoms with Crippen molar-refractivity contribution in [3.05, 3.63) is 48.6 Å². The van der Waals surface area contributed by atoms with E-state index in [1.54, 1.807) is 0 Å². The minimum Gasteiger partial charge on any atom is -0.0885 e. The Labute approximate surface area is 108 Å². The summed E-state index contributed by atoms with van der Waals surface area (Å²) in [7, 11) is 0. The first-order valence-electron chi connectivity index (χ1n) is 7.03. The van der Waals surface area contributed by atoms with Gasteiger partial charge in [0.2, 0.25) is 0 Å². The molecule has 0 unspecified atom stereocenters. The summed E-state index contributed by atoms with van der Waals surface area (Å²) in [6.07, 6.45) is 26.1. The molecule has 0 saturated heterocycles. The highest BCUT2D eigenvalue weighted by Crippen LogP contribution is 1.99. The second-order valence-corrected chi connectivity index (χ2v) is 4.17. The minimum absolute atomic E-state index is 1.04. The van der Waals surface area contributed by atoms with Crippen LogP contribution in [0.1, 0.15) is 58.8 Å². The van der Waals surface area contributed by atoms with Gasteiger partial charge in [-0.05, 0) is 32.1 Å². The number of unbranched alkanes of at least 4 members (excludes halogenated alkanes) is 3. The molecule has 96 valence electrons. The van der Waals surface area contributed by atoms with Crippen molar-refractivity contribution in [2.24, 2.45) is 0 Å². The van der Waals surface area contributed by atoms with E-state index in [0.29, 0.717) is 0 Å². The van der Waals surface area contributed by atoms with Crippen molar-refractivity contribution in [3.8, 4) is 0 Å². The van der Waals surface area contributed by atoms with Gasteiger partial charge < -0.3 is 0 Å². The van der Waals surface area contributed by atoms with Gasteiger partial charge in [0.25, 0.3) is 0 Å². The Morgan fingerprint density at radius 2 is 1.29 bits per heavy atom. The van der Waals surface area contributed by atoms with E-state index >= 15 is 0 Å². The van der Waals surface area contributed by atoms with Crippen LogP contribution in [0.15, 0.2) is 48.6 Å². The van der Waals surface area contributed by atoms with Crippen molar-refractivity contribution < 1.29 is 0 Å². The molecule has 0 aliphatic heterocycles. The Morgan fingerprint density at radius 3 is 2.00 bits per heavy atom. The lowest BCUT2D eigenvalue weighted by atomic mass is 10.2. The number of hydrogen-bond donors (Lipinski definition) is 0. The summed E-state index contributed by atoms with van der Waals surface area (Å²) in [4.78, 5) is 0. The SMILES string of the molecule is CCC=CCC=CCC=CC=CCCCCC. The molecule has 0 fully saturated rings. The molecule has 0 nitrogen and oxygen atoms in total. The maximum Gasteiger partial charge on any atom is -0.0166 e. The van der Waals surface area contributed by atoms with E-state index in [1.165, 1.54) is 25.7 Å². The third-order valence-electron chi connectivity index (χ3n) is 2.47. The first-order valence-corrected chi connectivity index (χ1v) is 7.03. The molecule has 0 aromatic carbocycles. The van der Waals surface area contributed by atoms with E-state index in [2.05, 4.69) is 62.5 Å². The van der Waals surface area contributed by atoms with E-state index in [9.17, 15) is 0 Å². The van der Waals surface area contributed by atoms with Crippen LogP contribution < -0.4 is 0 Å². The van der Waals surface area contributed by atoms with Crippen molar-refractivity contribution in [2.75, 3.05) is 0 Å². The van der Waals surface area contributed by atoms with E-state index < -0.39 is 0 Å². The van der Waals surface area contributed by atoms with E-state index in [0.717, 1.165) is 19.3 Å². The summed E-state index contributed by atoms with van der Waals surface area (Å²) in [6.45, 7) is 4.40. The zero-order chi connectivity index (χ0) is 12.6. The second-order valence-electron chi connectivity index (χ2n) is 4.17. The van der Waals surface area contributed by atoms with Crippen LogP contribution >= 0.6 is 0 Å². The predicted molar refractivity (Wildman–Crippen MR) is 80.2 cm³/mol. The Balaban J connectivity index is 3.38. The van der Waals surface area contributed by atoms with E-state index in [4.69, 9.17) is 0 Å². The molecule has 0 rings (SSSR count). The lowest BCUT2D eigenvalue weighted by Gasteiger charge is -1.89. The van der Waals surface area contributed by atoms with Gasteiger partial charge in [-0.2, -0.15) is 0 Å². The molecular weight excluding hydrogens is 204 g/mol. The van der Waals surface area contributed by atoms with Gasteiger partial charge in [-0.3, -0.25) is 0 Å². The molecule has 0 radical (unpaired) electrons. The molecule has 0 aliphatic rings. The molecule has 17 heavy (non-hydrogen) atoms. The van der Waals surface area contributed by atoms with Crippen molar-refractivity contribution in [2.45, 2.75) is 58.8 Å². The summed E-state index contributed by atoms with van der Waals surface area (Å²) >= 11 is 0. The van der Waals surface area contributed by atoms with Crippen LogP contribution in [0.5, 0.6) is 0 Å². The fourth-order valence-corrected chi connectivity index (χ4v) is 1.46. The van der Waals surface area contributed by atoms with E-state index in [-0.39, 0.29) is 0 Å². The number of rotatable bonds is 10. The fourth-order valence-electron chi connectivity index (χ4n) is 1.46. The van der Waals surface area contributed by atoms with Gasteiger partial charge in [0.05, 0.1) is 0 Å². The first-order chi connectivity index (χ1) is 8.41. The summed E-state index contributed by atoms with van der Waals surface area (Å²) in [5.74, 6) is 0. The fraction of sp³-hybridized carbons (Fsp3) is 0.529. The molecule has 0 bridgehead atoms. The highest BCUT2D eigenvalue weighted by molar-refractivity contribution is 5.05. The second kappa shape index (κ2) is 15.0. The van der Waals surface area contributed by atoms with Gasteiger partial charge in [-0.25, -0.2) is 0 Å².